The van der Waals surface area contributed by atoms with E-state index >= 15 is 0 Å². The largest absolute Gasteiger partial charge is 0.484 e. The van der Waals surface area contributed by atoms with E-state index in [4.69, 9.17) is 21.1 Å². The highest BCUT2D eigenvalue weighted by atomic mass is 35.5. The monoisotopic (exact) mass is 601 g/mol. The van der Waals surface area contributed by atoms with Crippen molar-refractivity contribution in [2.24, 2.45) is 0 Å². The molecule has 0 bridgehead atoms. The Bertz CT molecular complexity index is 1490. The van der Waals surface area contributed by atoms with Crippen LogP contribution in [0.2, 0.25) is 5.02 Å². The van der Waals surface area contributed by atoms with Gasteiger partial charge >= 0.3 is 5.97 Å². The molecule has 12 heteroatoms. The van der Waals surface area contributed by atoms with Crippen LogP contribution in [0.5, 0.6) is 5.75 Å². The second kappa shape index (κ2) is 13.5. The standard InChI is InChI=1S/C29H32ClN3O7S/c1-29(2,3)40-28(36)19-33(23-12-8-10-21(30)16-23)41(37,38)25-15-9-11-22(17-25)31-26(34)18-32(4)27(35)20-39-24-13-6-5-7-14-24/h5-17H,18-20H2,1-4H3,(H,31,34). The second-order valence-electron chi connectivity index (χ2n) is 10.0. The number of nitrogens with zero attached hydrogens (tertiary/aromatic N) is 2. The van der Waals surface area contributed by atoms with Crippen molar-refractivity contribution in [3.8, 4) is 5.75 Å². The highest BCUT2D eigenvalue weighted by molar-refractivity contribution is 7.92. The summed E-state index contributed by atoms with van der Waals surface area (Å²) in [6, 6.07) is 20.4. The molecule has 0 fully saturated rings. The zero-order valence-electron chi connectivity index (χ0n) is 23.2. The zero-order valence-corrected chi connectivity index (χ0v) is 24.7. The van der Waals surface area contributed by atoms with Gasteiger partial charge < -0.3 is 19.7 Å². The number of anilines is 2. The number of carbonyl (C=O) groups is 3. The number of esters is 1. The summed E-state index contributed by atoms with van der Waals surface area (Å²) in [5, 5.41) is 2.88. The zero-order chi connectivity index (χ0) is 30.2. The van der Waals surface area contributed by atoms with Crippen molar-refractivity contribution in [2.75, 3.05) is 36.4 Å². The molecule has 218 valence electrons. The number of hydrogen-bond donors (Lipinski definition) is 1. The summed E-state index contributed by atoms with van der Waals surface area (Å²) in [7, 11) is -2.85. The number of carbonyl (C=O) groups excluding carboxylic acids is 3. The first-order valence-corrected chi connectivity index (χ1v) is 14.4. The van der Waals surface area contributed by atoms with Gasteiger partial charge in [0.15, 0.2) is 6.61 Å². The van der Waals surface area contributed by atoms with Gasteiger partial charge in [0.25, 0.3) is 15.9 Å². The molecule has 0 aromatic heterocycles. The Hall–Kier alpha value is -4.09. The first kappa shape index (κ1) is 31.4. The maximum absolute atomic E-state index is 13.7. The molecule has 0 aliphatic heterocycles. The number of nitrogens with one attached hydrogen (secondary N) is 1. The van der Waals surface area contributed by atoms with Crippen LogP contribution in [0, 0.1) is 0 Å². The Kier molecular flexibility index (Phi) is 10.4. The van der Waals surface area contributed by atoms with Crippen LogP contribution in [0.1, 0.15) is 20.8 Å². The van der Waals surface area contributed by atoms with Gasteiger partial charge in [-0.25, -0.2) is 8.42 Å². The molecule has 10 nitrogen and oxygen atoms in total. The molecule has 2 amide bonds. The molecule has 3 rings (SSSR count). The van der Waals surface area contributed by atoms with Gasteiger partial charge in [0.05, 0.1) is 17.1 Å². The molecule has 0 spiro atoms. The Morgan fingerprint density at radius 1 is 0.902 bits per heavy atom. The predicted octanol–water partition coefficient (Wildman–Crippen LogP) is 4.35. The van der Waals surface area contributed by atoms with E-state index in [0.717, 1.165) is 4.31 Å². The lowest BCUT2D eigenvalue weighted by Gasteiger charge is -2.26. The number of halogens is 1. The summed E-state index contributed by atoms with van der Waals surface area (Å²) in [4.78, 5) is 38.7. The maximum atomic E-state index is 13.7. The molecule has 3 aromatic carbocycles. The number of amides is 2. The van der Waals surface area contributed by atoms with Gasteiger partial charge in [0.2, 0.25) is 5.91 Å². The number of ether oxygens (including phenoxy) is 2. The van der Waals surface area contributed by atoms with E-state index < -0.39 is 40.0 Å². The first-order chi connectivity index (χ1) is 19.2. The van der Waals surface area contributed by atoms with E-state index in [2.05, 4.69) is 5.32 Å². The molecule has 1 N–H and O–H groups in total. The molecule has 0 heterocycles. The molecule has 3 aromatic rings. The molecule has 0 aliphatic rings. The average Bonchev–Trinajstić information content (AvgIpc) is 2.90. The third-order valence-electron chi connectivity index (χ3n) is 5.41. The third-order valence-corrected chi connectivity index (χ3v) is 7.41. The minimum atomic E-state index is -4.31. The number of benzene rings is 3. The van der Waals surface area contributed by atoms with Crippen molar-refractivity contribution < 1.29 is 32.3 Å². The lowest BCUT2D eigenvalue weighted by molar-refractivity contribution is -0.152. The molecule has 0 saturated heterocycles. The van der Waals surface area contributed by atoms with E-state index in [9.17, 15) is 22.8 Å². The lowest BCUT2D eigenvalue weighted by atomic mass is 10.2. The van der Waals surface area contributed by atoms with E-state index in [1.807, 2.05) is 6.07 Å². The fourth-order valence-electron chi connectivity index (χ4n) is 3.57. The van der Waals surface area contributed by atoms with Crippen LogP contribution in [0.3, 0.4) is 0 Å². The van der Waals surface area contributed by atoms with Crippen molar-refractivity contribution in [2.45, 2.75) is 31.3 Å². The van der Waals surface area contributed by atoms with E-state index in [1.165, 1.54) is 48.3 Å². The smallest absolute Gasteiger partial charge is 0.327 e. The van der Waals surface area contributed by atoms with Gasteiger partial charge in [0, 0.05) is 17.8 Å². The van der Waals surface area contributed by atoms with Crippen molar-refractivity contribution in [1.82, 2.24) is 4.90 Å². The van der Waals surface area contributed by atoms with Crippen molar-refractivity contribution in [3.05, 3.63) is 83.9 Å². The van der Waals surface area contributed by atoms with Crippen molar-refractivity contribution in [1.29, 1.82) is 0 Å². The Balaban J connectivity index is 1.74. The highest BCUT2D eigenvalue weighted by Crippen LogP contribution is 2.28. The fraction of sp³-hybridized carbons (Fsp3) is 0.276. The fourth-order valence-corrected chi connectivity index (χ4v) is 5.21. The minimum Gasteiger partial charge on any atom is -0.484 e. The highest BCUT2D eigenvalue weighted by Gasteiger charge is 2.30. The van der Waals surface area contributed by atoms with E-state index in [-0.39, 0.29) is 34.4 Å². The van der Waals surface area contributed by atoms with Crippen LogP contribution in [-0.2, 0) is 29.1 Å². The third kappa shape index (κ3) is 9.51. The second-order valence-corrected chi connectivity index (χ2v) is 12.3. The number of likely N-dealkylation sites (N-methyl/N-ethyl adjacent to an activating group) is 1. The topological polar surface area (TPSA) is 122 Å². The maximum Gasteiger partial charge on any atom is 0.327 e. The van der Waals surface area contributed by atoms with Crippen LogP contribution in [0.25, 0.3) is 0 Å². The molecule has 0 radical (unpaired) electrons. The number of hydrogen-bond acceptors (Lipinski definition) is 7. The molecular weight excluding hydrogens is 570 g/mol. The van der Waals surface area contributed by atoms with E-state index in [1.54, 1.807) is 57.2 Å². The van der Waals surface area contributed by atoms with Crippen LogP contribution in [-0.4, -0.2) is 63.4 Å². The molecule has 0 saturated carbocycles. The summed E-state index contributed by atoms with van der Waals surface area (Å²) < 4.78 is 39.1. The molecule has 0 unspecified atom stereocenters. The normalized spacial score (nSPS) is 11.3. The van der Waals surface area contributed by atoms with Gasteiger partial charge in [-0.2, -0.15) is 0 Å². The Labute approximate surface area is 244 Å². The minimum absolute atomic E-state index is 0.163. The molecule has 41 heavy (non-hydrogen) atoms. The van der Waals surface area contributed by atoms with Crippen LogP contribution < -0.4 is 14.4 Å². The molecule has 0 aliphatic carbocycles. The van der Waals surface area contributed by atoms with Crippen LogP contribution >= 0.6 is 11.6 Å². The first-order valence-electron chi connectivity index (χ1n) is 12.6. The molecular formula is C29H32ClN3O7S. The lowest BCUT2D eigenvalue weighted by Crippen LogP contribution is -2.39. The van der Waals surface area contributed by atoms with Crippen molar-refractivity contribution in [3.63, 3.8) is 0 Å². The summed E-state index contributed by atoms with van der Waals surface area (Å²) in [5.41, 5.74) is -0.482. The summed E-state index contributed by atoms with van der Waals surface area (Å²) in [6.07, 6.45) is 0. The summed E-state index contributed by atoms with van der Waals surface area (Å²) >= 11 is 6.10. The van der Waals surface area contributed by atoms with Gasteiger partial charge in [-0.15, -0.1) is 0 Å². The number of sulfonamides is 1. The van der Waals surface area contributed by atoms with Crippen molar-refractivity contribution >= 4 is 50.8 Å². The van der Waals surface area contributed by atoms with Crippen LogP contribution in [0.4, 0.5) is 11.4 Å². The summed E-state index contributed by atoms with van der Waals surface area (Å²) in [6.45, 7) is 3.89. The number of rotatable bonds is 11. The average molecular weight is 602 g/mol. The predicted molar refractivity (Wildman–Crippen MR) is 156 cm³/mol. The van der Waals surface area contributed by atoms with Gasteiger partial charge in [-0.3, -0.25) is 18.7 Å². The van der Waals surface area contributed by atoms with Crippen LogP contribution in [0.15, 0.2) is 83.8 Å². The van der Waals surface area contributed by atoms with Gasteiger partial charge in [0.1, 0.15) is 17.9 Å². The Morgan fingerprint density at radius 3 is 2.24 bits per heavy atom. The molecule has 0 atom stereocenters. The van der Waals surface area contributed by atoms with Gasteiger partial charge in [-0.1, -0.05) is 41.9 Å². The quantitative estimate of drug-likeness (QED) is 0.324. The van der Waals surface area contributed by atoms with E-state index in [0.29, 0.717) is 5.75 Å². The Morgan fingerprint density at radius 2 is 1.59 bits per heavy atom. The van der Waals surface area contributed by atoms with Gasteiger partial charge in [-0.05, 0) is 69.3 Å². The number of para-hydroxylation sites is 1. The SMILES string of the molecule is CN(CC(=O)Nc1cccc(S(=O)(=O)N(CC(=O)OC(C)(C)C)c2cccc(Cl)c2)c1)C(=O)COc1ccccc1. The summed E-state index contributed by atoms with van der Waals surface area (Å²) in [5.74, 6) is -1.19.